The Bertz CT molecular complexity index is 223. The van der Waals surface area contributed by atoms with Crippen molar-refractivity contribution in [1.82, 2.24) is 5.32 Å². The van der Waals surface area contributed by atoms with Crippen molar-refractivity contribution >= 4 is 17.7 Å². The van der Waals surface area contributed by atoms with Gasteiger partial charge in [0.25, 0.3) is 0 Å². The lowest BCUT2D eigenvalue weighted by Crippen LogP contribution is -2.47. The summed E-state index contributed by atoms with van der Waals surface area (Å²) in [4.78, 5) is 11.8. The second-order valence-corrected chi connectivity index (χ2v) is 5.76. The van der Waals surface area contributed by atoms with Gasteiger partial charge in [-0.15, -0.1) is 0 Å². The third-order valence-electron chi connectivity index (χ3n) is 3.24. The highest BCUT2D eigenvalue weighted by Crippen LogP contribution is 2.26. The average Bonchev–Trinajstić information content (AvgIpc) is 2.29. The van der Waals surface area contributed by atoms with Gasteiger partial charge in [-0.2, -0.15) is 11.8 Å². The van der Waals surface area contributed by atoms with E-state index in [0.717, 1.165) is 25.7 Å². The maximum Gasteiger partial charge on any atom is 0.237 e. The standard InChI is InChI=1S/C12H24N2OS/c1-3-5-11(13)12(15)14-9-6-4-7-10(8-9)16-2/h9-11H,3-8,13H2,1-2H3,(H,14,15)/t9?,10?,11-/m1/s1. The number of hydrogen-bond acceptors (Lipinski definition) is 3. The van der Waals surface area contributed by atoms with Gasteiger partial charge < -0.3 is 11.1 Å². The Morgan fingerprint density at radius 1 is 1.56 bits per heavy atom. The highest BCUT2D eigenvalue weighted by Gasteiger charge is 2.24. The van der Waals surface area contributed by atoms with Gasteiger partial charge in [-0.05, 0) is 31.9 Å². The summed E-state index contributed by atoms with van der Waals surface area (Å²) in [7, 11) is 0. The second-order valence-electron chi connectivity index (χ2n) is 4.62. The van der Waals surface area contributed by atoms with E-state index < -0.39 is 0 Å². The van der Waals surface area contributed by atoms with Gasteiger partial charge in [-0.3, -0.25) is 4.79 Å². The number of carbonyl (C=O) groups excluding carboxylic acids is 1. The van der Waals surface area contributed by atoms with Crippen LogP contribution in [0, 0.1) is 0 Å². The maximum absolute atomic E-state index is 11.8. The van der Waals surface area contributed by atoms with E-state index in [2.05, 4.69) is 18.5 Å². The van der Waals surface area contributed by atoms with E-state index in [0.29, 0.717) is 11.3 Å². The van der Waals surface area contributed by atoms with Crippen LogP contribution < -0.4 is 11.1 Å². The van der Waals surface area contributed by atoms with Gasteiger partial charge in [0.15, 0.2) is 0 Å². The van der Waals surface area contributed by atoms with E-state index in [-0.39, 0.29) is 11.9 Å². The molecule has 0 radical (unpaired) electrons. The Morgan fingerprint density at radius 3 is 2.94 bits per heavy atom. The van der Waals surface area contributed by atoms with Gasteiger partial charge in [0.05, 0.1) is 6.04 Å². The van der Waals surface area contributed by atoms with E-state index in [1.165, 1.54) is 12.8 Å². The summed E-state index contributed by atoms with van der Waals surface area (Å²) in [6.07, 6.45) is 8.62. The number of amides is 1. The lowest BCUT2D eigenvalue weighted by Gasteiger charge is -2.29. The zero-order chi connectivity index (χ0) is 12.0. The molecule has 0 aromatic carbocycles. The highest BCUT2D eigenvalue weighted by atomic mass is 32.2. The predicted octanol–water partition coefficient (Wildman–Crippen LogP) is 1.90. The van der Waals surface area contributed by atoms with Gasteiger partial charge in [0.1, 0.15) is 0 Å². The summed E-state index contributed by atoms with van der Waals surface area (Å²) in [5.74, 6) is 0.0357. The molecule has 2 unspecified atom stereocenters. The van der Waals surface area contributed by atoms with Crippen LogP contribution in [0.2, 0.25) is 0 Å². The third-order valence-corrected chi connectivity index (χ3v) is 4.34. The van der Waals surface area contributed by atoms with Gasteiger partial charge in [-0.25, -0.2) is 0 Å². The molecule has 0 spiro atoms. The monoisotopic (exact) mass is 244 g/mol. The average molecular weight is 244 g/mol. The van der Waals surface area contributed by atoms with E-state index in [1.54, 1.807) is 0 Å². The van der Waals surface area contributed by atoms with Crippen LogP contribution in [-0.2, 0) is 4.79 Å². The Balaban J connectivity index is 2.32. The zero-order valence-electron chi connectivity index (χ0n) is 10.4. The molecule has 3 atom stereocenters. The summed E-state index contributed by atoms with van der Waals surface area (Å²) < 4.78 is 0. The van der Waals surface area contributed by atoms with Gasteiger partial charge >= 0.3 is 0 Å². The normalized spacial score (nSPS) is 27.4. The molecule has 3 nitrogen and oxygen atoms in total. The lowest BCUT2D eigenvalue weighted by atomic mass is 9.94. The zero-order valence-corrected chi connectivity index (χ0v) is 11.2. The number of hydrogen-bond donors (Lipinski definition) is 2. The van der Waals surface area contributed by atoms with Gasteiger partial charge in [0, 0.05) is 11.3 Å². The summed E-state index contributed by atoms with van der Waals surface area (Å²) in [5.41, 5.74) is 5.79. The molecule has 0 aliphatic heterocycles. The van der Waals surface area contributed by atoms with Crippen molar-refractivity contribution < 1.29 is 4.79 Å². The molecule has 0 heterocycles. The largest absolute Gasteiger partial charge is 0.352 e. The fourth-order valence-electron chi connectivity index (χ4n) is 2.24. The molecule has 0 saturated heterocycles. The highest BCUT2D eigenvalue weighted by molar-refractivity contribution is 7.99. The SMILES string of the molecule is CCC[C@@H](N)C(=O)NC1CCCC(SC)C1. The first kappa shape index (κ1) is 13.8. The minimum Gasteiger partial charge on any atom is -0.352 e. The number of nitrogens with one attached hydrogen (secondary N) is 1. The molecule has 1 aliphatic rings. The van der Waals surface area contributed by atoms with Gasteiger partial charge in [-0.1, -0.05) is 19.8 Å². The van der Waals surface area contributed by atoms with Crippen LogP contribution >= 0.6 is 11.8 Å². The molecule has 1 aliphatic carbocycles. The molecule has 1 saturated carbocycles. The number of carbonyl (C=O) groups is 1. The molecule has 3 N–H and O–H groups in total. The molecule has 1 fully saturated rings. The summed E-state index contributed by atoms with van der Waals surface area (Å²) in [6.45, 7) is 2.05. The van der Waals surface area contributed by atoms with Crippen LogP contribution in [0.3, 0.4) is 0 Å². The van der Waals surface area contributed by atoms with Crippen molar-refractivity contribution in [3.8, 4) is 0 Å². The van der Waals surface area contributed by atoms with E-state index in [1.807, 2.05) is 11.8 Å². The van der Waals surface area contributed by atoms with Crippen molar-refractivity contribution in [3.63, 3.8) is 0 Å². The van der Waals surface area contributed by atoms with Crippen molar-refractivity contribution in [2.75, 3.05) is 6.26 Å². The Morgan fingerprint density at radius 2 is 2.31 bits per heavy atom. The first-order chi connectivity index (χ1) is 7.67. The molecule has 0 aromatic heterocycles. The van der Waals surface area contributed by atoms with Crippen LogP contribution in [0.4, 0.5) is 0 Å². The smallest absolute Gasteiger partial charge is 0.237 e. The number of thioether (sulfide) groups is 1. The predicted molar refractivity (Wildman–Crippen MR) is 70.6 cm³/mol. The quantitative estimate of drug-likeness (QED) is 0.776. The third kappa shape index (κ3) is 4.34. The molecule has 4 heteroatoms. The Hall–Kier alpha value is -0.220. The summed E-state index contributed by atoms with van der Waals surface area (Å²) >= 11 is 1.91. The van der Waals surface area contributed by atoms with Crippen LogP contribution in [0.15, 0.2) is 0 Å². The fourth-order valence-corrected chi connectivity index (χ4v) is 3.07. The first-order valence-electron chi connectivity index (χ1n) is 6.26. The van der Waals surface area contributed by atoms with Crippen molar-refractivity contribution in [1.29, 1.82) is 0 Å². The molecular formula is C12H24N2OS. The minimum absolute atomic E-state index is 0.0357. The molecule has 1 rings (SSSR count). The number of rotatable bonds is 5. The molecular weight excluding hydrogens is 220 g/mol. The van der Waals surface area contributed by atoms with E-state index >= 15 is 0 Å². The number of nitrogens with two attached hydrogens (primary N) is 1. The van der Waals surface area contributed by atoms with Crippen LogP contribution in [0.1, 0.15) is 45.4 Å². The molecule has 16 heavy (non-hydrogen) atoms. The minimum atomic E-state index is -0.320. The van der Waals surface area contributed by atoms with Crippen LogP contribution in [0.5, 0.6) is 0 Å². The maximum atomic E-state index is 11.8. The van der Waals surface area contributed by atoms with E-state index in [4.69, 9.17) is 5.73 Å². The van der Waals surface area contributed by atoms with Crippen LogP contribution in [-0.4, -0.2) is 29.5 Å². The molecule has 0 bridgehead atoms. The second kappa shape index (κ2) is 7.17. The lowest BCUT2D eigenvalue weighted by molar-refractivity contribution is -0.123. The van der Waals surface area contributed by atoms with E-state index in [9.17, 15) is 4.79 Å². The van der Waals surface area contributed by atoms with Crippen molar-refractivity contribution in [3.05, 3.63) is 0 Å². The van der Waals surface area contributed by atoms with Crippen LogP contribution in [0.25, 0.3) is 0 Å². The first-order valence-corrected chi connectivity index (χ1v) is 7.55. The summed E-state index contributed by atoms with van der Waals surface area (Å²) in [6, 6.07) is 0.0289. The fraction of sp³-hybridized carbons (Fsp3) is 0.917. The van der Waals surface area contributed by atoms with Crippen molar-refractivity contribution in [2.24, 2.45) is 5.73 Å². The van der Waals surface area contributed by atoms with Crippen molar-refractivity contribution in [2.45, 2.75) is 62.8 Å². The summed E-state index contributed by atoms with van der Waals surface area (Å²) in [5, 5.41) is 3.80. The molecule has 0 aromatic rings. The molecule has 1 amide bonds. The van der Waals surface area contributed by atoms with Gasteiger partial charge in [0.2, 0.25) is 5.91 Å². The Labute approximate surface area is 103 Å². The topological polar surface area (TPSA) is 55.1 Å². The molecule has 94 valence electrons. The Kier molecular flexibility index (Phi) is 6.21.